The van der Waals surface area contributed by atoms with Crippen LogP contribution in [0.4, 0.5) is 5.82 Å². The molecular formula is C23H30N4O5. The summed E-state index contributed by atoms with van der Waals surface area (Å²) in [7, 11) is 0. The van der Waals surface area contributed by atoms with Crippen molar-refractivity contribution in [3.8, 4) is 0 Å². The van der Waals surface area contributed by atoms with Crippen molar-refractivity contribution in [2.24, 2.45) is 5.92 Å². The van der Waals surface area contributed by atoms with Crippen molar-refractivity contribution >= 4 is 17.6 Å². The fraction of sp³-hybridized carbons (Fsp3) is 0.478. The van der Waals surface area contributed by atoms with Gasteiger partial charge in [0.05, 0.1) is 25.6 Å². The van der Waals surface area contributed by atoms with Crippen molar-refractivity contribution in [1.82, 2.24) is 14.0 Å². The van der Waals surface area contributed by atoms with Crippen molar-refractivity contribution in [3.63, 3.8) is 0 Å². The van der Waals surface area contributed by atoms with Crippen molar-refractivity contribution in [2.45, 2.75) is 39.8 Å². The minimum atomic E-state index is -0.661. The van der Waals surface area contributed by atoms with Crippen LogP contribution >= 0.6 is 0 Å². The van der Waals surface area contributed by atoms with E-state index in [9.17, 15) is 19.2 Å². The molecule has 0 bridgehead atoms. The van der Waals surface area contributed by atoms with Gasteiger partial charge in [-0.15, -0.1) is 0 Å². The Hall–Kier alpha value is -3.20. The topological polar surface area (TPSA) is 117 Å². The Labute approximate surface area is 186 Å². The predicted molar refractivity (Wildman–Crippen MR) is 121 cm³/mol. The molecule has 3 rings (SSSR count). The number of likely N-dealkylation sites (tertiary alicyclic amines) is 1. The molecule has 0 atom stereocenters. The van der Waals surface area contributed by atoms with E-state index < -0.39 is 17.0 Å². The number of carbonyl (C=O) groups is 2. The Morgan fingerprint density at radius 2 is 1.72 bits per heavy atom. The summed E-state index contributed by atoms with van der Waals surface area (Å²) in [5, 5.41) is 0. The van der Waals surface area contributed by atoms with Gasteiger partial charge in [-0.05, 0) is 45.3 Å². The van der Waals surface area contributed by atoms with E-state index in [2.05, 4.69) is 0 Å². The van der Waals surface area contributed by atoms with Crippen LogP contribution in [0.15, 0.2) is 39.9 Å². The van der Waals surface area contributed by atoms with E-state index in [1.54, 1.807) is 13.8 Å². The van der Waals surface area contributed by atoms with Crippen LogP contribution in [-0.4, -0.2) is 52.0 Å². The molecule has 32 heavy (non-hydrogen) atoms. The second-order valence-corrected chi connectivity index (χ2v) is 7.89. The first kappa shape index (κ1) is 23.5. The van der Waals surface area contributed by atoms with E-state index in [1.165, 1.54) is 4.57 Å². The third-order valence-electron chi connectivity index (χ3n) is 5.82. The molecule has 9 nitrogen and oxygen atoms in total. The number of ether oxygens (including phenoxy) is 1. The number of nitrogens with two attached hydrogens (primary N) is 1. The highest BCUT2D eigenvalue weighted by atomic mass is 16.5. The van der Waals surface area contributed by atoms with Crippen LogP contribution in [0, 0.1) is 5.92 Å². The summed E-state index contributed by atoms with van der Waals surface area (Å²) >= 11 is 0. The lowest BCUT2D eigenvalue weighted by atomic mass is 9.96. The van der Waals surface area contributed by atoms with E-state index in [1.807, 2.05) is 35.2 Å². The molecule has 0 amide bonds. The highest BCUT2D eigenvalue weighted by Gasteiger charge is 2.29. The summed E-state index contributed by atoms with van der Waals surface area (Å²) < 4.78 is 7.40. The molecule has 1 aromatic heterocycles. The van der Waals surface area contributed by atoms with Gasteiger partial charge < -0.3 is 10.5 Å². The number of rotatable bonds is 8. The molecule has 1 saturated heterocycles. The summed E-state index contributed by atoms with van der Waals surface area (Å²) in [6.07, 6.45) is 1.18. The van der Waals surface area contributed by atoms with Crippen LogP contribution in [0.25, 0.3) is 0 Å². The largest absolute Gasteiger partial charge is 0.466 e. The SMILES string of the molecule is CCOC(=O)C1CCN(CC(=O)c2c(N)n(Cc3ccccc3)c(=O)n(CC)c2=O)CC1. The normalized spacial score (nSPS) is 14.9. The van der Waals surface area contributed by atoms with Gasteiger partial charge in [-0.1, -0.05) is 30.3 Å². The minimum absolute atomic E-state index is 0.00222. The van der Waals surface area contributed by atoms with Crippen LogP contribution in [0.1, 0.15) is 42.6 Å². The molecule has 0 radical (unpaired) electrons. The number of esters is 1. The zero-order valence-electron chi connectivity index (χ0n) is 18.6. The quantitative estimate of drug-likeness (QED) is 0.481. The van der Waals surface area contributed by atoms with Gasteiger partial charge in [-0.25, -0.2) is 4.79 Å². The zero-order valence-corrected chi connectivity index (χ0v) is 18.6. The first-order valence-corrected chi connectivity index (χ1v) is 11.0. The van der Waals surface area contributed by atoms with Crippen molar-refractivity contribution in [3.05, 3.63) is 62.3 Å². The second-order valence-electron chi connectivity index (χ2n) is 7.89. The van der Waals surface area contributed by atoms with Crippen LogP contribution in [0.3, 0.4) is 0 Å². The fourth-order valence-electron chi connectivity index (χ4n) is 4.04. The number of hydrogen-bond donors (Lipinski definition) is 1. The molecule has 1 aliphatic heterocycles. The molecule has 2 N–H and O–H groups in total. The van der Waals surface area contributed by atoms with Crippen LogP contribution in [0.5, 0.6) is 0 Å². The Kier molecular flexibility index (Phi) is 7.63. The predicted octanol–water partition coefficient (Wildman–Crippen LogP) is 1.12. The second kappa shape index (κ2) is 10.4. The first-order valence-electron chi connectivity index (χ1n) is 11.0. The van der Waals surface area contributed by atoms with E-state index in [-0.39, 0.29) is 42.9 Å². The van der Waals surface area contributed by atoms with Gasteiger partial charge in [0.1, 0.15) is 11.4 Å². The summed E-state index contributed by atoms with van der Waals surface area (Å²) in [5.74, 6) is -0.913. The zero-order chi connectivity index (χ0) is 23.3. The molecule has 0 saturated carbocycles. The highest BCUT2D eigenvalue weighted by Crippen LogP contribution is 2.19. The number of Topliss-reactive ketones (excluding diaryl/α,β-unsaturated/α-hetero) is 1. The van der Waals surface area contributed by atoms with Crippen LogP contribution in [0.2, 0.25) is 0 Å². The van der Waals surface area contributed by atoms with Gasteiger partial charge in [0.25, 0.3) is 5.56 Å². The monoisotopic (exact) mass is 442 g/mol. The van der Waals surface area contributed by atoms with Gasteiger partial charge in [0.2, 0.25) is 0 Å². The Bertz CT molecular complexity index is 1080. The molecule has 9 heteroatoms. The van der Waals surface area contributed by atoms with Gasteiger partial charge in [-0.2, -0.15) is 0 Å². The van der Waals surface area contributed by atoms with Gasteiger partial charge in [0, 0.05) is 6.54 Å². The maximum atomic E-state index is 13.1. The third-order valence-corrected chi connectivity index (χ3v) is 5.82. The number of nitrogen functional groups attached to an aromatic ring is 1. The Morgan fingerprint density at radius 3 is 2.31 bits per heavy atom. The Balaban J connectivity index is 1.83. The van der Waals surface area contributed by atoms with E-state index >= 15 is 0 Å². The molecule has 1 aromatic carbocycles. The van der Waals surface area contributed by atoms with Gasteiger partial charge in [0.15, 0.2) is 5.78 Å². The highest BCUT2D eigenvalue weighted by molar-refractivity contribution is 6.01. The fourth-order valence-corrected chi connectivity index (χ4v) is 4.04. The van der Waals surface area contributed by atoms with E-state index in [4.69, 9.17) is 10.5 Å². The lowest BCUT2D eigenvalue weighted by molar-refractivity contribution is -0.149. The number of piperidine rings is 1. The molecule has 0 spiro atoms. The van der Waals surface area contributed by atoms with Gasteiger partial charge >= 0.3 is 11.7 Å². The molecule has 2 aromatic rings. The molecular weight excluding hydrogens is 412 g/mol. The van der Waals surface area contributed by atoms with Crippen LogP contribution in [-0.2, 0) is 22.6 Å². The molecule has 2 heterocycles. The molecule has 1 aliphatic rings. The summed E-state index contributed by atoms with van der Waals surface area (Å²) in [6.45, 7) is 5.19. The number of aromatic nitrogens is 2. The van der Waals surface area contributed by atoms with Crippen molar-refractivity contribution in [2.75, 3.05) is 32.0 Å². The summed E-state index contributed by atoms with van der Waals surface area (Å²) in [4.78, 5) is 52.7. The standard InChI is InChI=1S/C23H30N4O5/c1-3-26-21(29)19(20(24)27(23(26)31)14-16-8-6-5-7-9-16)18(28)15-25-12-10-17(11-13-25)22(30)32-4-2/h5-9,17H,3-4,10-15,24H2,1-2H3. The molecule has 1 fully saturated rings. The maximum Gasteiger partial charge on any atom is 0.332 e. The summed E-state index contributed by atoms with van der Waals surface area (Å²) in [5.41, 5.74) is 5.69. The smallest absolute Gasteiger partial charge is 0.332 e. The number of carbonyl (C=O) groups excluding carboxylic acids is 2. The average molecular weight is 443 g/mol. The number of nitrogens with zero attached hydrogens (tertiary/aromatic N) is 3. The molecule has 0 unspecified atom stereocenters. The third kappa shape index (κ3) is 4.99. The lowest BCUT2D eigenvalue weighted by Gasteiger charge is -2.30. The van der Waals surface area contributed by atoms with E-state index in [0.717, 1.165) is 10.1 Å². The number of hydrogen-bond acceptors (Lipinski definition) is 7. The number of benzene rings is 1. The van der Waals surface area contributed by atoms with Gasteiger partial charge in [-0.3, -0.25) is 28.4 Å². The summed E-state index contributed by atoms with van der Waals surface area (Å²) in [6, 6.07) is 9.25. The Morgan fingerprint density at radius 1 is 1.06 bits per heavy atom. The number of ketones is 1. The van der Waals surface area contributed by atoms with E-state index in [0.29, 0.717) is 32.5 Å². The van der Waals surface area contributed by atoms with Crippen LogP contribution < -0.4 is 17.0 Å². The molecule has 172 valence electrons. The first-order chi connectivity index (χ1) is 15.4. The average Bonchev–Trinajstić information content (AvgIpc) is 2.78. The number of anilines is 1. The lowest BCUT2D eigenvalue weighted by Crippen LogP contribution is -2.46. The van der Waals surface area contributed by atoms with Crippen molar-refractivity contribution < 1.29 is 14.3 Å². The maximum absolute atomic E-state index is 13.1. The van der Waals surface area contributed by atoms with Crippen molar-refractivity contribution in [1.29, 1.82) is 0 Å². The minimum Gasteiger partial charge on any atom is -0.466 e. The molecule has 0 aliphatic carbocycles.